The van der Waals surface area contributed by atoms with Gasteiger partial charge in [-0.05, 0) is 69.5 Å². The van der Waals surface area contributed by atoms with Gasteiger partial charge in [0.05, 0.1) is 6.26 Å². The van der Waals surface area contributed by atoms with E-state index in [4.69, 9.17) is 4.42 Å². The standard InChI is InChI=1S/C27H29NO2/c1-19-8-11-21(12-9-19)27(5)18-26(3,4)28(24-14-10-20(2)17-23(24)27)25(29)15-13-22-7-6-16-30-22/h6-17H,18H2,1-5H3. The minimum Gasteiger partial charge on any atom is -0.465 e. The van der Waals surface area contributed by atoms with Gasteiger partial charge in [0.25, 0.3) is 5.91 Å². The van der Waals surface area contributed by atoms with Crippen molar-refractivity contribution in [3.63, 3.8) is 0 Å². The second-order valence-electron chi connectivity index (χ2n) is 9.23. The van der Waals surface area contributed by atoms with Crippen molar-refractivity contribution in [2.45, 2.75) is 52.0 Å². The Morgan fingerprint density at radius 3 is 2.37 bits per heavy atom. The Bertz CT molecular complexity index is 1090. The zero-order valence-corrected chi connectivity index (χ0v) is 18.4. The maximum absolute atomic E-state index is 13.3. The second kappa shape index (κ2) is 7.32. The molecule has 2 aromatic carbocycles. The molecular formula is C27H29NO2. The number of benzene rings is 2. The molecule has 30 heavy (non-hydrogen) atoms. The number of rotatable bonds is 3. The molecule has 1 unspecified atom stereocenters. The minimum atomic E-state index is -0.355. The van der Waals surface area contributed by atoms with E-state index < -0.39 is 0 Å². The summed E-state index contributed by atoms with van der Waals surface area (Å²) in [5.41, 5.74) is 5.38. The van der Waals surface area contributed by atoms with Gasteiger partial charge in [0.2, 0.25) is 0 Å². The molecule has 3 aromatic rings. The molecule has 0 saturated heterocycles. The van der Waals surface area contributed by atoms with Crippen LogP contribution in [0.25, 0.3) is 6.08 Å². The smallest absolute Gasteiger partial charge is 0.251 e. The van der Waals surface area contributed by atoms with Gasteiger partial charge in [-0.15, -0.1) is 0 Å². The maximum atomic E-state index is 13.3. The lowest BCUT2D eigenvalue weighted by Gasteiger charge is -2.51. The average molecular weight is 400 g/mol. The molecule has 0 spiro atoms. The predicted octanol–water partition coefficient (Wildman–Crippen LogP) is 6.43. The number of aryl methyl sites for hydroxylation is 2. The van der Waals surface area contributed by atoms with Crippen molar-refractivity contribution in [3.05, 3.63) is 95.0 Å². The molecule has 0 saturated carbocycles. The molecule has 1 aromatic heterocycles. The summed E-state index contributed by atoms with van der Waals surface area (Å²) < 4.78 is 5.35. The number of fused-ring (bicyclic) bond motifs is 1. The first kappa shape index (κ1) is 20.2. The van der Waals surface area contributed by atoms with Gasteiger partial charge in [-0.25, -0.2) is 0 Å². The van der Waals surface area contributed by atoms with Crippen molar-refractivity contribution < 1.29 is 9.21 Å². The van der Waals surface area contributed by atoms with E-state index in [2.05, 4.69) is 77.1 Å². The van der Waals surface area contributed by atoms with Crippen LogP contribution in [0.15, 0.2) is 71.4 Å². The topological polar surface area (TPSA) is 33.5 Å². The van der Waals surface area contributed by atoms with E-state index in [1.807, 2.05) is 17.0 Å². The molecule has 0 N–H and O–H groups in total. The van der Waals surface area contributed by atoms with Crippen LogP contribution in [-0.4, -0.2) is 11.4 Å². The summed E-state index contributed by atoms with van der Waals surface area (Å²) >= 11 is 0. The van der Waals surface area contributed by atoms with E-state index in [0.29, 0.717) is 5.76 Å². The highest BCUT2D eigenvalue weighted by Gasteiger charge is 2.47. The van der Waals surface area contributed by atoms with E-state index in [0.717, 1.165) is 12.1 Å². The molecule has 3 heteroatoms. The molecule has 0 bridgehead atoms. The number of nitrogens with zero attached hydrogens (tertiary/aromatic N) is 1. The van der Waals surface area contributed by atoms with Crippen molar-refractivity contribution >= 4 is 17.7 Å². The van der Waals surface area contributed by atoms with Crippen molar-refractivity contribution in [2.24, 2.45) is 0 Å². The van der Waals surface area contributed by atoms with Gasteiger partial charge in [-0.2, -0.15) is 0 Å². The summed E-state index contributed by atoms with van der Waals surface area (Å²) in [5.74, 6) is 0.638. The van der Waals surface area contributed by atoms with Crippen LogP contribution in [0.5, 0.6) is 0 Å². The molecule has 0 aliphatic carbocycles. The molecule has 3 nitrogen and oxygen atoms in total. The zero-order valence-electron chi connectivity index (χ0n) is 18.4. The van der Waals surface area contributed by atoms with Crippen LogP contribution in [0.3, 0.4) is 0 Å². The van der Waals surface area contributed by atoms with Crippen LogP contribution in [0.1, 0.15) is 55.2 Å². The van der Waals surface area contributed by atoms with Gasteiger partial charge in [-0.3, -0.25) is 4.79 Å². The lowest BCUT2D eigenvalue weighted by molar-refractivity contribution is -0.115. The SMILES string of the molecule is Cc1ccc(C2(C)CC(C)(C)N(C(=O)C=Cc3ccco3)c3ccc(C)cc32)cc1. The van der Waals surface area contributed by atoms with Crippen LogP contribution in [0.2, 0.25) is 0 Å². The summed E-state index contributed by atoms with van der Waals surface area (Å²) in [4.78, 5) is 15.3. The van der Waals surface area contributed by atoms with Gasteiger partial charge in [0.15, 0.2) is 0 Å². The summed E-state index contributed by atoms with van der Waals surface area (Å²) in [6.07, 6.45) is 5.79. The zero-order chi connectivity index (χ0) is 21.5. The molecule has 0 radical (unpaired) electrons. The molecule has 1 amide bonds. The van der Waals surface area contributed by atoms with E-state index in [9.17, 15) is 4.79 Å². The maximum Gasteiger partial charge on any atom is 0.251 e. The Hall–Kier alpha value is -3.07. The molecule has 0 fully saturated rings. The van der Waals surface area contributed by atoms with Crippen LogP contribution in [-0.2, 0) is 10.2 Å². The number of amides is 1. The quantitative estimate of drug-likeness (QED) is 0.475. The van der Waals surface area contributed by atoms with E-state index in [1.54, 1.807) is 18.4 Å². The summed E-state index contributed by atoms with van der Waals surface area (Å²) in [5, 5.41) is 0. The highest BCUT2D eigenvalue weighted by molar-refractivity contribution is 6.05. The molecule has 1 aliphatic rings. The summed E-state index contributed by atoms with van der Waals surface area (Å²) in [6, 6.07) is 18.9. The largest absolute Gasteiger partial charge is 0.465 e. The van der Waals surface area contributed by atoms with E-state index >= 15 is 0 Å². The Morgan fingerprint density at radius 1 is 1.00 bits per heavy atom. The van der Waals surface area contributed by atoms with Gasteiger partial charge < -0.3 is 9.32 Å². The van der Waals surface area contributed by atoms with Gasteiger partial charge in [-0.1, -0.05) is 54.4 Å². The van der Waals surface area contributed by atoms with Crippen LogP contribution in [0.4, 0.5) is 5.69 Å². The molecule has 1 aliphatic heterocycles. The molecule has 2 heterocycles. The van der Waals surface area contributed by atoms with Crippen molar-refractivity contribution in [1.29, 1.82) is 0 Å². The Morgan fingerprint density at radius 2 is 1.70 bits per heavy atom. The van der Waals surface area contributed by atoms with Crippen LogP contribution in [0, 0.1) is 13.8 Å². The Kier molecular flexibility index (Phi) is 4.93. The van der Waals surface area contributed by atoms with Crippen molar-refractivity contribution in [1.82, 2.24) is 0 Å². The number of carbonyl (C=O) groups is 1. The van der Waals surface area contributed by atoms with Gasteiger partial charge in [0, 0.05) is 22.7 Å². The first-order valence-electron chi connectivity index (χ1n) is 10.4. The molecule has 4 rings (SSSR count). The van der Waals surface area contributed by atoms with Gasteiger partial charge in [0.1, 0.15) is 5.76 Å². The highest BCUT2D eigenvalue weighted by Crippen LogP contribution is 2.50. The first-order chi connectivity index (χ1) is 14.2. The lowest BCUT2D eigenvalue weighted by Crippen LogP contribution is -2.55. The predicted molar refractivity (Wildman–Crippen MR) is 123 cm³/mol. The third-order valence-electron chi connectivity index (χ3n) is 6.22. The molecule has 1 atom stereocenters. The fourth-order valence-electron chi connectivity index (χ4n) is 4.86. The second-order valence-corrected chi connectivity index (χ2v) is 9.23. The summed E-state index contributed by atoms with van der Waals surface area (Å²) in [6.45, 7) is 10.8. The van der Waals surface area contributed by atoms with Gasteiger partial charge >= 0.3 is 0 Å². The Balaban J connectivity index is 1.83. The third-order valence-corrected chi connectivity index (χ3v) is 6.22. The lowest BCUT2D eigenvalue weighted by atomic mass is 9.65. The fourth-order valence-corrected chi connectivity index (χ4v) is 4.86. The monoisotopic (exact) mass is 399 g/mol. The number of anilines is 1. The van der Waals surface area contributed by atoms with Crippen molar-refractivity contribution in [2.75, 3.05) is 4.90 Å². The van der Waals surface area contributed by atoms with Crippen LogP contribution >= 0.6 is 0 Å². The molecule has 154 valence electrons. The summed E-state index contributed by atoms with van der Waals surface area (Å²) in [7, 11) is 0. The normalized spacial score (nSPS) is 20.4. The molecular weight excluding hydrogens is 370 g/mol. The number of hydrogen-bond acceptors (Lipinski definition) is 2. The fraction of sp³-hybridized carbons (Fsp3) is 0.296. The van der Waals surface area contributed by atoms with Crippen LogP contribution < -0.4 is 4.90 Å². The Labute approximate surface area is 179 Å². The van der Waals surface area contributed by atoms with E-state index in [-0.39, 0.29) is 16.9 Å². The minimum absolute atomic E-state index is 0.0348. The first-order valence-corrected chi connectivity index (χ1v) is 10.4. The van der Waals surface area contributed by atoms with Crippen molar-refractivity contribution in [3.8, 4) is 0 Å². The third kappa shape index (κ3) is 3.49. The highest BCUT2D eigenvalue weighted by atomic mass is 16.3. The van der Waals surface area contributed by atoms with E-state index in [1.165, 1.54) is 22.3 Å². The average Bonchev–Trinajstić information content (AvgIpc) is 3.20. The number of carbonyl (C=O) groups excluding carboxylic acids is 1. The number of hydrogen-bond donors (Lipinski definition) is 0. The number of furan rings is 1.